The molecule has 1 aromatic carbocycles. The van der Waals surface area contributed by atoms with E-state index in [0.717, 1.165) is 0 Å². The molecule has 0 spiro atoms. The van der Waals surface area contributed by atoms with E-state index < -0.39 is 6.10 Å². The first-order valence-corrected chi connectivity index (χ1v) is 6.82. The SMILES string of the molecule is COc1ccc(Cl)c(NC(=O)N(CC(C)O)C(C)C)c1. The van der Waals surface area contributed by atoms with Gasteiger partial charge < -0.3 is 20.1 Å². The highest BCUT2D eigenvalue weighted by Crippen LogP contribution is 2.27. The number of nitrogens with zero attached hydrogens (tertiary/aromatic N) is 1. The predicted molar refractivity (Wildman–Crippen MR) is 80.5 cm³/mol. The number of amides is 2. The van der Waals surface area contributed by atoms with Crippen LogP contribution >= 0.6 is 11.6 Å². The van der Waals surface area contributed by atoms with Crippen LogP contribution in [0.1, 0.15) is 20.8 Å². The quantitative estimate of drug-likeness (QED) is 0.879. The molecule has 1 unspecified atom stereocenters. The second-order valence-electron chi connectivity index (χ2n) is 4.87. The molecule has 5 nitrogen and oxygen atoms in total. The van der Waals surface area contributed by atoms with E-state index in [-0.39, 0.29) is 18.6 Å². The third kappa shape index (κ3) is 4.58. The lowest BCUT2D eigenvalue weighted by Gasteiger charge is -2.28. The van der Waals surface area contributed by atoms with Crippen LogP contribution in [-0.4, -0.2) is 41.8 Å². The normalized spacial score (nSPS) is 12.2. The number of aliphatic hydroxyl groups is 1. The van der Waals surface area contributed by atoms with E-state index in [2.05, 4.69) is 5.32 Å². The zero-order valence-electron chi connectivity index (χ0n) is 12.2. The lowest BCUT2D eigenvalue weighted by Crippen LogP contribution is -2.43. The summed E-state index contributed by atoms with van der Waals surface area (Å²) >= 11 is 6.05. The number of carbonyl (C=O) groups excluding carboxylic acids is 1. The van der Waals surface area contributed by atoms with Crippen LogP contribution in [-0.2, 0) is 0 Å². The van der Waals surface area contributed by atoms with Gasteiger partial charge in [0, 0.05) is 18.7 Å². The van der Waals surface area contributed by atoms with Crippen molar-refractivity contribution >= 4 is 23.3 Å². The van der Waals surface area contributed by atoms with Crippen LogP contribution in [0.2, 0.25) is 5.02 Å². The van der Waals surface area contributed by atoms with Gasteiger partial charge in [-0.25, -0.2) is 4.79 Å². The van der Waals surface area contributed by atoms with Gasteiger partial charge in [-0.15, -0.1) is 0 Å². The summed E-state index contributed by atoms with van der Waals surface area (Å²) in [5.41, 5.74) is 0.479. The first kappa shape index (κ1) is 16.6. The van der Waals surface area contributed by atoms with Gasteiger partial charge in [0.1, 0.15) is 5.75 Å². The number of urea groups is 1. The van der Waals surface area contributed by atoms with Gasteiger partial charge in [-0.05, 0) is 32.9 Å². The van der Waals surface area contributed by atoms with Gasteiger partial charge in [0.15, 0.2) is 0 Å². The summed E-state index contributed by atoms with van der Waals surface area (Å²) in [6.45, 7) is 5.66. The molecule has 1 rings (SSSR count). The molecule has 2 N–H and O–H groups in total. The number of methoxy groups -OCH3 is 1. The fraction of sp³-hybridized carbons (Fsp3) is 0.500. The van der Waals surface area contributed by atoms with E-state index >= 15 is 0 Å². The average molecular weight is 301 g/mol. The first-order valence-electron chi connectivity index (χ1n) is 6.44. The number of anilines is 1. The highest BCUT2D eigenvalue weighted by Gasteiger charge is 2.19. The van der Waals surface area contributed by atoms with Gasteiger partial charge in [0.25, 0.3) is 0 Å². The van der Waals surface area contributed by atoms with Crippen LogP contribution in [0.5, 0.6) is 5.75 Å². The summed E-state index contributed by atoms with van der Waals surface area (Å²) in [6, 6.07) is 4.68. The molecular weight excluding hydrogens is 280 g/mol. The van der Waals surface area contributed by atoms with Gasteiger partial charge in [-0.1, -0.05) is 11.6 Å². The summed E-state index contributed by atoms with van der Waals surface area (Å²) in [5, 5.41) is 12.6. The minimum Gasteiger partial charge on any atom is -0.497 e. The Hall–Kier alpha value is -1.46. The van der Waals surface area contributed by atoms with Gasteiger partial charge in [0.2, 0.25) is 0 Å². The van der Waals surface area contributed by atoms with E-state index in [4.69, 9.17) is 16.3 Å². The van der Waals surface area contributed by atoms with Gasteiger partial charge >= 0.3 is 6.03 Å². The number of aliphatic hydroxyl groups excluding tert-OH is 1. The maximum Gasteiger partial charge on any atom is 0.322 e. The lowest BCUT2D eigenvalue weighted by molar-refractivity contribution is 0.125. The van der Waals surface area contributed by atoms with Crippen molar-refractivity contribution in [3.63, 3.8) is 0 Å². The molecule has 112 valence electrons. The van der Waals surface area contributed by atoms with E-state index in [0.29, 0.717) is 16.5 Å². The van der Waals surface area contributed by atoms with Crippen LogP contribution in [0.25, 0.3) is 0 Å². The Kier molecular flexibility index (Phi) is 6.10. The zero-order valence-corrected chi connectivity index (χ0v) is 12.9. The minimum absolute atomic E-state index is 0.0333. The third-order valence-electron chi connectivity index (χ3n) is 2.76. The molecule has 0 fully saturated rings. The van der Waals surface area contributed by atoms with E-state index in [9.17, 15) is 9.90 Å². The van der Waals surface area contributed by atoms with Gasteiger partial charge in [-0.2, -0.15) is 0 Å². The Bertz CT molecular complexity index is 464. The number of rotatable bonds is 5. The first-order chi connectivity index (χ1) is 9.35. The number of nitrogens with one attached hydrogen (secondary N) is 1. The van der Waals surface area contributed by atoms with Crippen molar-refractivity contribution in [2.45, 2.75) is 32.9 Å². The van der Waals surface area contributed by atoms with Crippen LogP contribution < -0.4 is 10.1 Å². The molecule has 0 aromatic heterocycles. The molecule has 20 heavy (non-hydrogen) atoms. The van der Waals surface area contributed by atoms with Gasteiger partial charge in [-0.3, -0.25) is 0 Å². The average Bonchev–Trinajstić information content (AvgIpc) is 2.37. The third-order valence-corrected chi connectivity index (χ3v) is 3.09. The highest BCUT2D eigenvalue weighted by atomic mass is 35.5. The molecule has 0 saturated carbocycles. The number of hydrogen-bond acceptors (Lipinski definition) is 3. The molecule has 2 amide bonds. The zero-order chi connectivity index (χ0) is 15.3. The molecule has 1 aromatic rings. The molecule has 0 heterocycles. The monoisotopic (exact) mass is 300 g/mol. The van der Waals surface area contributed by atoms with Crippen molar-refractivity contribution in [3.05, 3.63) is 23.2 Å². The number of hydrogen-bond donors (Lipinski definition) is 2. The van der Waals surface area contributed by atoms with Crippen molar-refractivity contribution in [1.29, 1.82) is 0 Å². The van der Waals surface area contributed by atoms with Crippen LogP contribution in [0, 0.1) is 0 Å². The topological polar surface area (TPSA) is 61.8 Å². The molecule has 0 bridgehead atoms. The van der Waals surface area contributed by atoms with Crippen molar-refractivity contribution in [2.24, 2.45) is 0 Å². The van der Waals surface area contributed by atoms with Crippen LogP contribution in [0.3, 0.4) is 0 Å². The number of ether oxygens (including phenoxy) is 1. The standard InChI is InChI=1S/C14H21ClN2O3/c1-9(2)17(8-10(3)18)14(19)16-13-7-11(20-4)5-6-12(13)15/h5-7,9-10,18H,8H2,1-4H3,(H,16,19). The Morgan fingerprint density at radius 2 is 2.10 bits per heavy atom. The summed E-state index contributed by atoms with van der Waals surface area (Å²) in [6.07, 6.45) is -0.594. The Morgan fingerprint density at radius 3 is 2.60 bits per heavy atom. The number of benzene rings is 1. The summed E-state index contributed by atoms with van der Waals surface area (Å²) in [7, 11) is 1.54. The van der Waals surface area contributed by atoms with E-state index in [1.165, 1.54) is 0 Å². The summed E-state index contributed by atoms with van der Waals surface area (Å²) in [4.78, 5) is 13.8. The predicted octanol–water partition coefficient (Wildman–Crippen LogP) is 2.97. The van der Waals surface area contributed by atoms with E-state index in [1.807, 2.05) is 13.8 Å². The molecule has 0 saturated heterocycles. The summed E-state index contributed by atoms with van der Waals surface area (Å²) < 4.78 is 5.10. The van der Waals surface area contributed by atoms with Crippen molar-refractivity contribution in [1.82, 2.24) is 4.90 Å². The molecule has 0 aliphatic carbocycles. The largest absolute Gasteiger partial charge is 0.497 e. The second kappa shape index (κ2) is 7.36. The van der Waals surface area contributed by atoms with Crippen molar-refractivity contribution in [2.75, 3.05) is 19.0 Å². The molecule has 1 atom stereocenters. The number of halogens is 1. The Balaban J connectivity index is 2.87. The maximum absolute atomic E-state index is 12.2. The van der Waals surface area contributed by atoms with Gasteiger partial charge in [0.05, 0.1) is 23.9 Å². The molecule has 0 aliphatic heterocycles. The van der Waals surface area contributed by atoms with Crippen LogP contribution in [0.4, 0.5) is 10.5 Å². The fourth-order valence-corrected chi connectivity index (χ4v) is 1.89. The van der Waals surface area contributed by atoms with Crippen molar-refractivity contribution in [3.8, 4) is 5.75 Å². The molecule has 0 aliphatic rings. The minimum atomic E-state index is -0.594. The molecular formula is C14H21ClN2O3. The fourth-order valence-electron chi connectivity index (χ4n) is 1.73. The molecule has 6 heteroatoms. The molecule has 0 radical (unpaired) electrons. The Labute approximate surface area is 124 Å². The number of carbonyl (C=O) groups is 1. The second-order valence-corrected chi connectivity index (χ2v) is 5.28. The Morgan fingerprint density at radius 1 is 1.45 bits per heavy atom. The lowest BCUT2D eigenvalue weighted by atomic mass is 10.2. The smallest absolute Gasteiger partial charge is 0.322 e. The maximum atomic E-state index is 12.2. The summed E-state index contributed by atoms with van der Waals surface area (Å²) in [5.74, 6) is 0.608. The highest BCUT2D eigenvalue weighted by molar-refractivity contribution is 6.33. The van der Waals surface area contributed by atoms with Crippen LogP contribution in [0.15, 0.2) is 18.2 Å². The van der Waals surface area contributed by atoms with E-state index in [1.54, 1.807) is 37.1 Å². The van der Waals surface area contributed by atoms with Crippen molar-refractivity contribution < 1.29 is 14.6 Å².